The Bertz CT molecular complexity index is 1020. The number of fused-ring (bicyclic) bond motifs is 1. The van der Waals surface area contributed by atoms with Gasteiger partial charge in [0.2, 0.25) is 5.91 Å². The Labute approximate surface area is 169 Å². The van der Waals surface area contributed by atoms with Gasteiger partial charge in [-0.05, 0) is 54.7 Å². The summed E-state index contributed by atoms with van der Waals surface area (Å²) in [5.74, 6) is 0.513. The van der Waals surface area contributed by atoms with E-state index in [0.29, 0.717) is 17.3 Å². The minimum Gasteiger partial charge on any atom is -0.364 e. The van der Waals surface area contributed by atoms with Crippen molar-refractivity contribution < 1.29 is 9.59 Å². The molecule has 3 atom stereocenters. The van der Waals surface area contributed by atoms with Gasteiger partial charge in [0, 0.05) is 24.6 Å². The molecule has 2 amide bonds. The summed E-state index contributed by atoms with van der Waals surface area (Å²) in [5, 5.41) is 12.8. The summed E-state index contributed by atoms with van der Waals surface area (Å²) in [6.07, 6.45) is 2.21. The number of nitriles is 1. The van der Waals surface area contributed by atoms with Crippen LogP contribution in [-0.2, 0) is 4.79 Å². The normalized spacial score (nSPS) is 23.1. The van der Waals surface area contributed by atoms with Gasteiger partial charge in [-0.15, -0.1) is 0 Å². The highest BCUT2D eigenvalue weighted by molar-refractivity contribution is 5.94. The molecule has 4 rings (SSSR count). The average molecular weight is 389 g/mol. The average Bonchev–Trinajstić information content (AvgIpc) is 3.54. The largest absolute Gasteiger partial charge is 0.364 e. The van der Waals surface area contributed by atoms with Gasteiger partial charge in [-0.2, -0.15) is 5.26 Å². The third kappa shape index (κ3) is 3.42. The van der Waals surface area contributed by atoms with Crippen molar-refractivity contribution in [3.63, 3.8) is 0 Å². The number of carbonyl (C=O) groups excluding carboxylic acids is 2. The van der Waals surface area contributed by atoms with Crippen LogP contribution in [0.3, 0.4) is 0 Å². The molecule has 1 aromatic carbocycles. The first-order chi connectivity index (χ1) is 13.9. The van der Waals surface area contributed by atoms with E-state index in [0.717, 1.165) is 24.1 Å². The van der Waals surface area contributed by atoms with Gasteiger partial charge in [0.05, 0.1) is 17.7 Å². The first-order valence-electron chi connectivity index (χ1n) is 9.78. The van der Waals surface area contributed by atoms with Crippen LogP contribution in [0.5, 0.6) is 0 Å². The summed E-state index contributed by atoms with van der Waals surface area (Å²) in [6.45, 7) is 3.71. The van der Waals surface area contributed by atoms with Crippen molar-refractivity contribution >= 4 is 23.3 Å². The standard InChI is InChI=1S/C22H23N5O2/c1-12-20(26-19-5-3-4-17(25-19)22(24)29)16-10-14(11-23)6-9-18(16)27(13(2)28)21(12)15-7-8-15/h3-6,9-10,12,15,20-21H,7-8H2,1-2H3,(H2,24,29)(H,25,26)/t12-,20-,21+/m1/s1. The summed E-state index contributed by atoms with van der Waals surface area (Å²) in [7, 11) is 0. The molecule has 3 N–H and O–H groups in total. The van der Waals surface area contributed by atoms with Crippen molar-refractivity contribution in [1.82, 2.24) is 4.98 Å². The van der Waals surface area contributed by atoms with Crippen molar-refractivity contribution in [1.29, 1.82) is 5.26 Å². The second-order valence-corrected chi connectivity index (χ2v) is 7.86. The van der Waals surface area contributed by atoms with E-state index >= 15 is 0 Å². The lowest BCUT2D eigenvalue weighted by molar-refractivity contribution is -0.117. The first-order valence-corrected chi connectivity index (χ1v) is 9.78. The predicted octanol–water partition coefficient (Wildman–Crippen LogP) is 2.99. The molecule has 2 heterocycles. The number of nitrogens with zero attached hydrogens (tertiary/aromatic N) is 3. The first kappa shape index (κ1) is 18.9. The predicted molar refractivity (Wildman–Crippen MR) is 109 cm³/mol. The number of primary amides is 1. The number of benzene rings is 1. The van der Waals surface area contributed by atoms with Gasteiger partial charge in [0.1, 0.15) is 11.5 Å². The van der Waals surface area contributed by atoms with Crippen LogP contribution in [0.2, 0.25) is 0 Å². The van der Waals surface area contributed by atoms with Crippen LogP contribution in [0.1, 0.15) is 54.3 Å². The van der Waals surface area contributed by atoms with Crippen LogP contribution in [0, 0.1) is 23.2 Å². The Morgan fingerprint density at radius 1 is 1.28 bits per heavy atom. The molecule has 0 radical (unpaired) electrons. The molecule has 7 heteroatoms. The second kappa shape index (κ2) is 7.21. The topological polar surface area (TPSA) is 112 Å². The highest BCUT2D eigenvalue weighted by atomic mass is 16.2. The van der Waals surface area contributed by atoms with Crippen molar-refractivity contribution in [2.24, 2.45) is 17.6 Å². The molecule has 0 bridgehead atoms. The monoisotopic (exact) mass is 389 g/mol. The van der Waals surface area contributed by atoms with Gasteiger partial charge < -0.3 is 16.0 Å². The molecule has 1 aliphatic heterocycles. The lowest BCUT2D eigenvalue weighted by Crippen LogP contribution is -2.51. The highest BCUT2D eigenvalue weighted by Crippen LogP contribution is 2.50. The van der Waals surface area contributed by atoms with Crippen molar-refractivity contribution in [3.05, 3.63) is 53.2 Å². The number of nitrogens with two attached hydrogens (primary N) is 1. The number of hydrogen-bond acceptors (Lipinski definition) is 5. The van der Waals surface area contributed by atoms with Gasteiger partial charge in [-0.3, -0.25) is 9.59 Å². The fraction of sp³-hybridized carbons (Fsp3) is 0.364. The number of pyridine rings is 1. The zero-order valence-corrected chi connectivity index (χ0v) is 16.4. The van der Waals surface area contributed by atoms with Crippen LogP contribution in [0.15, 0.2) is 36.4 Å². The van der Waals surface area contributed by atoms with Crippen LogP contribution in [-0.4, -0.2) is 22.8 Å². The third-order valence-electron chi connectivity index (χ3n) is 5.86. The Hall–Kier alpha value is -3.40. The molecule has 2 aromatic rings. The van der Waals surface area contributed by atoms with Crippen LogP contribution in [0.4, 0.5) is 11.5 Å². The number of aromatic nitrogens is 1. The molecule has 29 heavy (non-hydrogen) atoms. The smallest absolute Gasteiger partial charge is 0.267 e. The number of amides is 2. The van der Waals surface area contributed by atoms with E-state index in [1.54, 1.807) is 31.2 Å². The minimum atomic E-state index is -0.587. The molecule has 0 unspecified atom stereocenters. The number of hydrogen-bond donors (Lipinski definition) is 2. The van der Waals surface area contributed by atoms with E-state index < -0.39 is 5.91 Å². The van der Waals surface area contributed by atoms with Gasteiger partial charge >= 0.3 is 0 Å². The van der Waals surface area contributed by atoms with Gasteiger partial charge in [0.15, 0.2) is 0 Å². The SMILES string of the molecule is CC(=O)N1c2ccc(C#N)cc2[C@H](Nc2cccc(C(N)=O)n2)[C@@H](C)[C@H]1C1CC1. The molecule has 0 spiro atoms. The zero-order valence-electron chi connectivity index (χ0n) is 16.4. The van der Waals surface area contributed by atoms with Gasteiger partial charge in [-0.1, -0.05) is 13.0 Å². The Balaban J connectivity index is 1.81. The van der Waals surface area contributed by atoms with Gasteiger partial charge in [-0.25, -0.2) is 4.98 Å². The maximum atomic E-state index is 12.6. The number of anilines is 2. The summed E-state index contributed by atoms with van der Waals surface area (Å²) >= 11 is 0. The Morgan fingerprint density at radius 2 is 2.03 bits per heavy atom. The van der Waals surface area contributed by atoms with Crippen molar-refractivity contribution in [2.45, 2.75) is 38.8 Å². The Morgan fingerprint density at radius 3 is 2.66 bits per heavy atom. The summed E-state index contributed by atoms with van der Waals surface area (Å²) in [6, 6.07) is 12.6. The quantitative estimate of drug-likeness (QED) is 0.835. The van der Waals surface area contributed by atoms with E-state index in [1.807, 2.05) is 17.0 Å². The van der Waals surface area contributed by atoms with Crippen LogP contribution >= 0.6 is 0 Å². The molecule has 1 aromatic heterocycles. The molecule has 2 aliphatic rings. The zero-order chi connectivity index (χ0) is 20.7. The lowest BCUT2D eigenvalue weighted by Gasteiger charge is -2.45. The maximum absolute atomic E-state index is 12.6. The molecular weight excluding hydrogens is 366 g/mol. The van der Waals surface area contributed by atoms with Gasteiger partial charge in [0.25, 0.3) is 5.91 Å². The van der Waals surface area contributed by atoms with E-state index in [1.165, 1.54) is 0 Å². The minimum absolute atomic E-state index is 0.00649. The Kier molecular flexibility index (Phi) is 4.71. The molecule has 1 fully saturated rings. The summed E-state index contributed by atoms with van der Waals surface area (Å²) in [4.78, 5) is 30.3. The van der Waals surface area contributed by atoms with E-state index in [2.05, 4.69) is 23.3 Å². The van der Waals surface area contributed by atoms with E-state index in [9.17, 15) is 14.9 Å². The molecule has 1 aliphatic carbocycles. The maximum Gasteiger partial charge on any atom is 0.267 e. The van der Waals surface area contributed by atoms with E-state index in [-0.39, 0.29) is 29.6 Å². The molecule has 0 saturated heterocycles. The number of nitrogens with one attached hydrogen (secondary N) is 1. The third-order valence-corrected chi connectivity index (χ3v) is 5.86. The van der Waals surface area contributed by atoms with Crippen LogP contribution in [0.25, 0.3) is 0 Å². The fourth-order valence-corrected chi connectivity index (χ4v) is 4.45. The van der Waals surface area contributed by atoms with Crippen LogP contribution < -0.4 is 16.0 Å². The number of rotatable bonds is 4. The molecular formula is C22H23N5O2. The number of carbonyl (C=O) groups is 2. The lowest BCUT2D eigenvalue weighted by atomic mass is 9.79. The summed E-state index contributed by atoms with van der Waals surface area (Å²) < 4.78 is 0. The molecule has 148 valence electrons. The molecule has 1 saturated carbocycles. The summed E-state index contributed by atoms with van der Waals surface area (Å²) in [5.41, 5.74) is 7.81. The van der Waals surface area contributed by atoms with Crippen molar-refractivity contribution in [2.75, 3.05) is 10.2 Å². The van der Waals surface area contributed by atoms with E-state index in [4.69, 9.17) is 5.73 Å². The fourth-order valence-electron chi connectivity index (χ4n) is 4.45. The highest BCUT2D eigenvalue weighted by Gasteiger charge is 2.47. The van der Waals surface area contributed by atoms with Crippen molar-refractivity contribution in [3.8, 4) is 6.07 Å². The second-order valence-electron chi connectivity index (χ2n) is 7.86. The molecule has 7 nitrogen and oxygen atoms in total.